The van der Waals surface area contributed by atoms with Gasteiger partial charge in [0.15, 0.2) is 5.82 Å². The highest BCUT2D eigenvalue weighted by atomic mass is 32.2. The standard InChI is InChI=1S/C14H15N3OS/c1-10(2)19-13-9-8-12(16-17-13)15-14(18)11-6-4-3-5-7-11/h3-10H,1-2H3,(H,15,16,18). The van der Waals surface area contributed by atoms with Crippen LogP contribution in [0, 0.1) is 0 Å². The van der Waals surface area contributed by atoms with Crippen molar-refractivity contribution in [1.29, 1.82) is 0 Å². The van der Waals surface area contributed by atoms with Crippen molar-refractivity contribution in [1.82, 2.24) is 10.2 Å². The molecule has 0 radical (unpaired) electrons. The van der Waals surface area contributed by atoms with Gasteiger partial charge in [-0.2, -0.15) is 0 Å². The third-order valence-corrected chi connectivity index (χ3v) is 3.20. The molecule has 0 aliphatic rings. The predicted octanol–water partition coefficient (Wildman–Crippen LogP) is 3.23. The summed E-state index contributed by atoms with van der Waals surface area (Å²) in [5, 5.41) is 12.1. The van der Waals surface area contributed by atoms with Crippen molar-refractivity contribution < 1.29 is 4.79 Å². The Hall–Kier alpha value is -1.88. The fraction of sp³-hybridized carbons (Fsp3) is 0.214. The van der Waals surface area contributed by atoms with Crippen LogP contribution in [0.15, 0.2) is 47.5 Å². The molecular weight excluding hydrogens is 258 g/mol. The van der Waals surface area contributed by atoms with Gasteiger partial charge in [0.1, 0.15) is 5.03 Å². The Morgan fingerprint density at radius 3 is 2.42 bits per heavy atom. The van der Waals surface area contributed by atoms with Crippen LogP contribution in [0.4, 0.5) is 5.82 Å². The number of carbonyl (C=O) groups excluding carboxylic acids is 1. The highest BCUT2D eigenvalue weighted by molar-refractivity contribution is 7.99. The molecule has 1 N–H and O–H groups in total. The Morgan fingerprint density at radius 2 is 1.84 bits per heavy atom. The maximum atomic E-state index is 11.9. The number of thioether (sulfide) groups is 1. The minimum Gasteiger partial charge on any atom is -0.305 e. The lowest BCUT2D eigenvalue weighted by molar-refractivity contribution is 0.102. The van der Waals surface area contributed by atoms with E-state index < -0.39 is 0 Å². The van der Waals surface area contributed by atoms with Crippen LogP contribution in [0.3, 0.4) is 0 Å². The molecule has 0 atom stereocenters. The fourth-order valence-electron chi connectivity index (χ4n) is 1.47. The van der Waals surface area contributed by atoms with Crippen molar-refractivity contribution >= 4 is 23.5 Å². The number of aromatic nitrogens is 2. The maximum absolute atomic E-state index is 11.9. The third-order valence-electron chi connectivity index (χ3n) is 2.27. The van der Waals surface area contributed by atoms with Crippen LogP contribution in [-0.4, -0.2) is 21.4 Å². The van der Waals surface area contributed by atoms with Crippen LogP contribution in [0.25, 0.3) is 0 Å². The van der Waals surface area contributed by atoms with E-state index in [0.717, 1.165) is 5.03 Å². The zero-order valence-electron chi connectivity index (χ0n) is 10.8. The summed E-state index contributed by atoms with van der Waals surface area (Å²) in [6, 6.07) is 12.6. The molecule has 0 saturated heterocycles. The first kappa shape index (κ1) is 13.5. The van der Waals surface area contributed by atoms with Gasteiger partial charge in [-0.25, -0.2) is 0 Å². The molecule has 0 aliphatic carbocycles. The van der Waals surface area contributed by atoms with Crippen LogP contribution in [-0.2, 0) is 0 Å². The molecule has 98 valence electrons. The first-order chi connectivity index (χ1) is 9.15. The van der Waals surface area contributed by atoms with Gasteiger partial charge in [-0.3, -0.25) is 4.79 Å². The largest absolute Gasteiger partial charge is 0.305 e. The summed E-state index contributed by atoms with van der Waals surface area (Å²) in [6.07, 6.45) is 0. The number of nitrogens with one attached hydrogen (secondary N) is 1. The molecule has 1 aromatic carbocycles. The Labute approximate surface area is 116 Å². The van der Waals surface area contributed by atoms with Crippen LogP contribution < -0.4 is 5.32 Å². The number of hydrogen-bond acceptors (Lipinski definition) is 4. The fourth-order valence-corrected chi connectivity index (χ4v) is 2.19. The molecule has 0 fully saturated rings. The van der Waals surface area contributed by atoms with Crippen LogP contribution >= 0.6 is 11.8 Å². The van der Waals surface area contributed by atoms with E-state index in [1.54, 1.807) is 30.0 Å². The van der Waals surface area contributed by atoms with Gasteiger partial charge in [0.25, 0.3) is 5.91 Å². The van der Waals surface area contributed by atoms with Crippen molar-refractivity contribution in [2.24, 2.45) is 0 Å². The molecule has 0 bridgehead atoms. The van der Waals surface area contributed by atoms with E-state index in [1.807, 2.05) is 24.3 Å². The summed E-state index contributed by atoms with van der Waals surface area (Å²) < 4.78 is 0. The van der Waals surface area contributed by atoms with Crippen LogP contribution in [0.2, 0.25) is 0 Å². The molecular formula is C14H15N3OS. The number of anilines is 1. The molecule has 1 amide bonds. The summed E-state index contributed by atoms with van der Waals surface area (Å²) in [7, 11) is 0. The summed E-state index contributed by atoms with van der Waals surface area (Å²) in [5.74, 6) is 0.279. The number of rotatable bonds is 4. The molecule has 0 saturated carbocycles. The lowest BCUT2D eigenvalue weighted by Gasteiger charge is -2.05. The molecule has 0 spiro atoms. The molecule has 1 heterocycles. The zero-order chi connectivity index (χ0) is 13.7. The van der Waals surface area contributed by atoms with Crippen LogP contribution in [0.5, 0.6) is 0 Å². The summed E-state index contributed by atoms with van der Waals surface area (Å²) >= 11 is 1.64. The topological polar surface area (TPSA) is 54.9 Å². The van der Waals surface area contributed by atoms with Gasteiger partial charge in [-0.15, -0.1) is 22.0 Å². The molecule has 2 rings (SSSR count). The van der Waals surface area contributed by atoms with Gasteiger partial charge in [0, 0.05) is 10.8 Å². The maximum Gasteiger partial charge on any atom is 0.256 e. The summed E-state index contributed by atoms with van der Waals surface area (Å²) in [4.78, 5) is 11.9. The Morgan fingerprint density at radius 1 is 1.11 bits per heavy atom. The van der Waals surface area contributed by atoms with E-state index in [0.29, 0.717) is 16.6 Å². The number of hydrogen-bond donors (Lipinski definition) is 1. The molecule has 0 aliphatic heterocycles. The highest BCUT2D eigenvalue weighted by Gasteiger charge is 2.07. The average Bonchev–Trinajstić information content (AvgIpc) is 2.41. The van der Waals surface area contributed by atoms with Crippen molar-refractivity contribution in [2.45, 2.75) is 24.1 Å². The Bertz CT molecular complexity index is 540. The Kier molecular flexibility index (Phi) is 4.52. The zero-order valence-corrected chi connectivity index (χ0v) is 11.6. The van der Waals surface area contributed by atoms with E-state index >= 15 is 0 Å². The lowest BCUT2D eigenvalue weighted by Crippen LogP contribution is -2.13. The SMILES string of the molecule is CC(C)Sc1ccc(NC(=O)c2ccccc2)nn1. The molecule has 19 heavy (non-hydrogen) atoms. The first-order valence-electron chi connectivity index (χ1n) is 6.02. The number of carbonyl (C=O) groups is 1. The minimum absolute atomic E-state index is 0.181. The second-order valence-corrected chi connectivity index (χ2v) is 5.84. The number of amides is 1. The van der Waals surface area contributed by atoms with Gasteiger partial charge in [0.05, 0.1) is 0 Å². The normalized spacial score (nSPS) is 10.5. The molecule has 4 nitrogen and oxygen atoms in total. The minimum atomic E-state index is -0.181. The van der Waals surface area contributed by atoms with Crippen molar-refractivity contribution in [3.8, 4) is 0 Å². The van der Waals surface area contributed by atoms with Crippen LogP contribution in [0.1, 0.15) is 24.2 Å². The quantitative estimate of drug-likeness (QED) is 0.869. The summed E-state index contributed by atoms with van der Waals surface area (Å²) in [5.41, 5.74) is 0.602. The van der Waals surface area contributed by atoms with Crippen molar-refractivity contribution in [3.05, 3.63) is 48.0 Å². The van der Waals surface area contributed by atoms with Crippen molar-refractivity contribution in [2.75, 3.05) is 5.32 Å². The van der Waals surface area contributed by atoms with Gasteiger partial charge < -0.3 is 5.32 Å². The van der Waals surface area contributed by atoms with E-state index in [2.05, 4.69) is 29.4 Å². The van der Waals surface area contributed by atoms with E-state index in [4.69, 9.17) is 0 Å². The average molecular weight is 273 g/mol. The van der Waals surface area contributed by atoms with Gasteiger partial charge in [0.2, 0.25) is 0 Å². The first-order valence-corrected chi connectivity index (χ1v) is 6.90. The van der Waals surface area contributed by atoms with E-state index in [1.165, 1.54) is 0 Å². The number of nitrogens with zero attached hydrogens (tertiary/aromatic N) is 2. The monoisotopic (exact) mass is 273 g/mol. The van der Waals surface area contributed by atoms with Crippen molar-refractivity contribution in [3.63, 3.8) is 0 Å². The second kappa shape index (κ2) is 6.33. The lowest BCUT2D eigenvalue weighted by atomic mass is 10.2. The number of benzene rings is 1. The van der Waals surface area contributed by atoms with Gasteiger partial charge in [-0.1, -0.05) is 32.0 Å². The molecule has 5 heteroatoms. The van der Waals surface area contributed by atoms with E-state index in [9.17, 15) is 4.79 Å². The second-order valence-electron chi connectivity index (χ2n) is 4.24. The van der Waals surface area contributed by atoms with E-state index in [-0.39, 0.29) is 5.91 Å². The third kappa shape index (κ3) is 4.06. The highest BCUT2D eigenvalue weighted by Crippen LogP contribution is 2.20. The Balaban J connectivity index is 2.02. The smallest absolute Gasteiger partial charge is 0.256 e. The van der Waals surface area contributed by atoms with Gasteiger partial charge >= 0.3 is 0 Å². The molecule has 2 aromatic rings. The van der Waals surface area contributed by atoms with Gasteiger partial charge in [-0.05, 0) is 24.3 Å². The summed E-state index contributed by atoms with van der Waals surface area (Å²) in [6.45, 7) is 4.19. The predicted molar refractivity (Wildman–Crippen MR) is 77.4 cm³/mol. The molecule has 1 aromatic heterocycles. The molecule has 0 unspecified atom stereocenters.